The number of hydrogen-bond acceptors (Lipinski definition) is 5. The number of hydrogen-bond donors (Lipinski definition) is 0. The number of esters is 2. The van der Waals surface area contributed by atoms with Gasteiger partial charge in [-0.05, 0) is 88.6 Å². The van der Waals surface area contributed by atoms with Gasteiger partial charge in [0, 0.05) is 39.0 Å². The van der Waals surface area contributed by atoms with E-state index in [0.29, 0.717) is 25.2 Å². The van der Waals surface area contributed by atoms with E-state index in [-0.39, 0.29) is 37.1 Å². The van der Waals surface area contributed by atoms with Crippen LogP contribution in [0.25, 0.3) is 21.8 Å². The van der Waals surface area contributed by atoms with Gasteiger partial charge in [-0.15, -0.1) is 0 Å². The summed E-state index contributed by atoms with van der Waals surface area (Å²) >= 11 is 0. The van der Waals surface area contributed by atoms with Gasteiger partial charge in [-0.3, -0.25) is 9.59 Å². The lowest BCUT2D eigenvalue weighted by atomic mass is 9.68. The Morgan fingerprint density at radius 2 is 1.36 bits per heavy atom. The predicted octanol–water partition coefficient (Wildman–Crippen LogP) is 8.51. The van der Waals surface area contributed by atoms with Crippen molar-refractivity contribution in [3.8, 4) is 17.6 Å². The summed E-state index contributed by atoms with van der Waals surface area (Å²) in [5, 5.41) is 2.34. The Kier molecular flexibility index (Phi) is 9.20. The second-order valence-corrected chi connectivity index (χ2v) is 13.2. The summed E-state index contributed by atoms with van der Waals surface area (Å²) in [6.07, 6.45) is 1.17. The lowest BCUT2D eigenvalue weighted by Crippen LogP contribution is -2.42. The molecule has 0 amide bonds. The van der Waals surface area contributed by atoms with Crippen molar-refractivity contribution in [2.75, 3.05) is 13.2 Å². The number of epoxide rings is 1. The first-order valence-electron chi connectivity index (χ1n) is 16.3. The summed E-state index contributed by atoms with van der Waals surface area (Å²) < 4.78 is 19.4. The Hall–Kier alpha value is -4.86. The van der Waals surface area contributed by atoms with E-state index in [1.54, 1.807) is 12.1 Å². The molecule has 1 fully saturated rings. The number of carbonyl (C=O) groups excluding carboxylic acids is 2. The molecule has 0 saturated carbocycles. The zero-order valence-corrected chi connectivity index (χ0v) is 27.5. The van der Waals surface area contributed by atoms with Crippen molar-refractivity contribution in [3.63, 3.8) is 0 Å². The van der Waals surface area contributed by atoms with E-state index in [0.717, 1.165) is 22.2 Å². The van der Waals surface area contributed by atoms with Gasteiger partial charge in [0.1, 0.15) is 18.5 Å². The van der Waals surface area contributed by atoms with Gasteiger partial charge < -0.3 is 18.8 Å². The number of ether oxygens (including phenoxy) is 3. The first-order chi connectivity index (χ1) is 22.7. The van der Waals surface area contributed by atoms with Gasteiger partial charge in [0.15, 0.2) is 0 Å². The molecular formula is C41H41NO5. The Bertz CT molecular complexity index is 1890. The Labute approximate surface area is 276 Å². The maximum Gasteiger partial charge on any atom is 0.317 e. The van der Waals surface area contributed by atoms with Crippen molar-refractivity contribution in [1.82, 2.24) is 4.57 Å². The minimum absolute atomic E-state index is 0.0548. The van der Waals surface area contributed by atoms with Gasteiger partial charge in [-0.25, -0.2) is 0 Å². The Morgan fingerprint density at radius 3 is 1.94 bits per heavy atom. The maximum atomic E-state index is 14.0. The van der Waals surface area contributed by atoms with Gasteiger partial charge in [0.25, 0.3) is 0 Å². The van der Waals surface area contributed by atoms with Crippen molar-refractivity contribution in [2.24, 2.45) is 10.8 Å². The van der Waals surface area contributed by atoms with Gasteiger partial charge in [0.2, 0.25) is 0 Å². The molecule has 6 nitrogen and oxygen atoms in total. The summed E-state index contributed by atoms with van der Waals surface area (Å²) in [6, 6.07) is 33.6. The number of fused-ring (bicyclic) bond motifs is 3. The molecule has 0 spiro atoms. The second-order valence-electron chi connectivity index (χ2n) is 13.2. The van der Waals surface area contributed by atoms with Crippen LogP contribution in [0.3, 0.4) is 0 Å². The second kappa shape index (κ2) is 13.5. The number of nitrogens with zero attached hydrogens (tertiary/aromatic N) is 1. The van der Waals surface area contributed by atoms with E-state index in [4.69, 9.17) is 14.2 Å². The summed E-state index contributed by atoms with van der Waals surface area (Å²) in [6.45, 7) is 8.72. The number of para-hydroxylation sites is 2. The molecule has 2 heterocycles. The van der Waals surface area contributed by atoms with E-state index in [2.05, 4.69) is 59.7 Å². The van der Waals surface area contributed by atoms with Crippen LogP contribution in [-0.2, 0) is 19.1 Å². The van der Waals surface area contributed by atoms with E-state index in [1.807, 2.05) is 75.4 Å². The van der Waals surface area contributed by atoms with Gasteiger partial charge in [-0.2, -0.15) is 0 Å². The molecule has 0 N–H and O–H groups in total. The average molecular weight is 628 g/mol. The highest BCUT2D eigenvalue weighted by Gasteiger charge is 2.47. The van der Waals surface area contributed by atoms with E-state index < -0.39 is 10.8 Å². The molecule has 0 radical (unpaired) electrons. The predicted molar refractivity (Wildman–Crippen MR) is 185 cm³/mol. The fourth-order valence-corrected chi connectivity index (χ4v) is 6.61. The third-order valence-corrected chi connectivity index (χ3v) is 9.34. The number of carbonyl (C=O) groups is 2. The molecule has 6 rings (SSSR count). The van der Waals surface area contributed by atoms with Crippen LogP contribution in [0.15, 0.2) is 103 Å². The van der Waals surface area contributed by atoms with Crippen LogP contribution in [0.4, 0.5) is 0 Å². The van der Waals surface area contributed by atoms with Crippen molar-refractivity contribution < 1.29 is 23.8 Å². The molecule has 6 heteroatoms. The quantitative estimate of drug-likeness (QED) is 0.0636. The van der Waals surface area contributed by atoms with Crippen LogP contribution in [0.2, 0.25) is 0 Å². The lowest BCUT2D eigenvalue weighted by Gasteiger charge is -2.38. The summed E-state index contributed by atoms with van der Waals surface area (Å²) in [4.78, 5) is 27.8. The topological polar surface area (TPSA) is 70.1 Å². The largest absolute Gasteiger partial charge is 0.462 e. The van der Waals surface area contributed by atoms with Crippen LogP contribution in [0.5, 0.6) is 5.75 Å². The fraction of sp³-hybridized carbons (Fsp3) is 0.317. The van der Waals surface area contributed by atoms with E-state index in [9.17, 15) is 9.59 Å². The molecule has 47 heavy (non-hydrogen) atoms. The van der Waals surface area contributed by atoms with Gasteiger partial charge in [0.05, 0.1) is 17.4 Å². The van der Waals surface area contributed by atoms with Crippen LogP contribution in [0, 0.1) is 22.7 Å². The van der Waals surface area contributed by atoms with Crippen LogP contribution >= 0.6 is 0 Å². The zero-order valence-electron chi connectivity index (χ0n) is 27.5. The zero-order chi connectivity index (χ0) is 33.0. The smallest absolute Gasteiger partial charge is 0.317 e. The van der Waals surface area contributed by atoms with Gasteiger partial charge >= 0.3 is 11.9 Å². The summed E-state index contributed by atoms with van der Waals surface area (Å²) in [7, 11) is 0. The van der Waals surface area contributed by atoms with Crippen molar-refractivity contribution >= 4 is 33.7 Å². The molecule has 1 aromatic heterocycles. The third kappa shape index (κ3) is 7.11. The highest BCUT2D eigenvalue weighted by molar-refractivity contribution is 6.08. The number of aromatic nitrogens is 1. The number of benzene rings is 4. The minimum atomic E-state index is -0.985. The molecule has 4 unspecified atom stereocenters. The van der Waals surface area contributed by atoms with E-state index >= 15 is 0 Å². The molecular weight excluding hydrogens is 586 g/mol. The SMILES string of the molecule is CCC(C)(CC(C)(CC(C)n1c2ccccc2c2ccccc21)C(=O)OCC1CO1)C(=O)Oc1ccc(C#Cc2ccccc2)cc1. The molecule has 1 aliphatic rings. The lowest BCUT2D eigenvalue weighted by molar-refractivity contribution is -0.161. The molecule has 1 aliphatic heterocycles. The summed E-state index contributed by atoms with van der Waals surface area (Å²) in [5.41, 5.74) is 2.04. The highest BCUT2D eigenvalue weighted by Crippen LogP contribution is 2.45. The molecule has 0 aliphatic carbocycles. The first kappa shape index (κ1) is 32.1. The minimum Gasteiger partial charge on any atom is -0.462 e. The highest BCUT2D eigenvalue weighted by atomic mass is 16.6. The normalized spacial score (nSPS) is 17.1. The average Bonchev–Trinajstić information content (AvgIpc) is 3.86. The van der Waals surface area contributed by atoms with E-state index in [1.165, 1.54) is 10.8 Å². The summed E-state index contributed by atoms with van der Waals surface area (Å²) in [5.74, 6) is 6.03. The number of rotatable bonds is 11. The molecule has 240 valence electrons. The van der Waals surface area contributed by atoms with Gasteiger partial charge in [-0.1, -0.05) is 73.4 Å². The van der Waals surface area contributed by atoms with Crippen molar-refractivity contribution in [2.45, 2.75) is 59.1 Å². The van der Waals surface area contributed by atoms with Crippen molar-refractivity contribution in [1.29, 1.82) is 0 Å². The Morgan fingerprint density at radius 1 is 0.809 bits per heavy atom. The van der Waals surface area contributed by atoms with Crippen molar-refractivity contribution in [3.05, 3.63) is 114 Å². The van der Waals surface area contributed by atoms with Crippen LogP contribution in [0.1, 0.15) is 64.1 Å². The molecule has 5 aromatic rings. The molecule has 1 saturated heterocycles. The fourth-order valence-electron chi connectivity index (χ4n) is 6.61. The third-order valence-electron chi connectivity index (χ3n) is 9.34. The maximum absolute atomic E-state index is 14.0. The molecule has 0 bridgehead atoms. The molecule has 4 aromatic carbocycles. The Balaban J connectivity index is 1.24. The monoisotopic (exact) mass is 627 g/mol. The molecule has 4 atom stereocenters. The van der Waals surface area contributed by atoms with Crippen LogP contribution in [-0.4, -0.2) is 35.8 Å². The standard InChI is InChI=1S/C41H41NO5/c1-5-40(3,39(44)47-32-23-21-31(22-24-32)20-19-30-13-7-6-8-14-30)28-41(4,38(43)46-27-33-26-45-33)25-29(2)42-36-17-11-9-15-34(36)35-16-10-12-18-37(35)42/h6-18,21-24,29,33H,5,25-28H2,1-4H3. The van der Waals surface area contributed by atoms with Crippen LogP contribution < -0.4 is 4.74 Å². The first-order valence-corrected chi connectivity index (χ1v) is 16.3.